The number of thiophene rings is 1. The second kappa shape index (κ2) is 9.23. The quantitative estimate of drug-likeness (QED) is 0.748. The Balaban J connectivity index is 1.20. The molecule has 0 radical (unpaired) electrons. The van der Waals surface area contributed by atoms with Gasteiger partial charge in [0.15, 0.2) is 0 Å². The van der Waals surface area contributed by atoms with Crippen LogP contribution in [-0.4, -0.2) is 54.6 Å². The lowest BCUT2D eigenvalue weighted by Crippen LogP contribution is -2.42. The monoisotopic (exact) mass is 400 g/mol. The van der Waals surface area contributed by atoms with Crippen LogP contribution in [0.25, 0.3) is 10.1 Å². The highest BCUT2D eigenvalue weighted by molar-refractivity contribution is 7.17. The minimum Gasteiger partial charge on any atom is -0.356 e. The van der Waals surface area contributed by atoms with Gasteiger partial charge in [-0.15, -0.1) is 11.3 Å². The molecule has 28 heavy (non-hydrogen) atoms. The molecule has 2 aliphatic heterocycles. The van der Waals surface area contributed by atoms with Crippen LogP contribution >= 0.6 is 11.3 Å². The van der Waals surface area contributed by atoms with Crippen molar-refractivity contribution in [2.75, 3.05) is 37.6 Å². The molecule has 2 aliphatic rings. The Labute approximate surface area is 172 Å². The fraction of sp³-hybridized carbons (Fsp3) is 0.636. The fourth-order valence-corrected chi connectivity index (χ4v) is 5.39. The lowest BCUT2D eigenvalue weighted by Gasteiger charge is -2.33. The van der Waals surface area contributed by atoms with Crippen LogP contribution in [0.15, 0.2) is 23.7 Å². The minimum atomic E-state index is 0.145. The molecule has 1 N–H and O–H groups in total. The number of fused-ring (bicyclic) bond motifs is 1. The largest absolute Gasteiger partial charge is 0.356 e. The molecule has 2 saturated heterocycles. The molecule has 4 heterocycles. The Kier molecular flexibility index (Phi) is 6.47. The molecule has 0 bridgehead atoms. The average molecular weight is 401 g/mol. The summed E-state index contributed by atoms with van der Waals surface area (Å²) in [5.41, 5.74) is 0. The Bertz CT molecular complexity index is 784. The van der Waals surface area contributed by atoms with E-state index < -0.39 is 0 Å². The minimum absolute atomic E-state index is 0.145. The molecule has 2 aromatic rings. The number of carbonyl (C=O) groups is 1. The van der Waals surface area contributed by atoms with E-state index in [1.54, 1.807) is 11.3 Å². The van der Waals surface area contributed by atoms with Crippen molar-refractivity contribution >= 4 is 33.1 Å². The number of aromatic nitrogens is 1. The summed E-state index contributed by atoms with van der Waals surface area (Å²) in [6.07, 6.45) is 8.79. The van der Waals surface area contributed by atoms with Gasteiger partial charge < -0.3 is 15.1 Å². The van der Waals surface area contributed by atoms with Gasteiger partial charge in [0.2, 0.25) is 5.91 Å². The number of nitrogens with zero attached hydrogens (tertiary/aromatic N) is 3. The normalized spacial score (nSPS) is 21.9. The second-order valence-corrected chi connectivity index (χ2v) is 9.20. The summed E-state index contributed by atoms with van der Waals surface area (Å²) < 4.78 is 1.29. The van der Waals surface area contributed by atoms with Crippen molar-refractivity contribution in [2.24, 2.45) is 5.92 Å². The van der Waals surface area contributed by atoms with Crippen molar-refractivity contribution in [1.29, 1.82) is 0 Å². The highest BCUT2D eigenvalue weighted by atomic mass is 32.1. The first-order chi connectivity index (χ1) is 13.7. The van der Waals surface area contributed by atoms with E-state index in [0.29, 0.717) is 6.04 Å². The van der Waals surface area contributed by atoms with Crippen molar-refractivity contribution in [3.8, 4) is 0 Å². The van der Waals surface area contributed by atoms with E-state index in [4.69, 9.17) is 0 Å². The van der Waals surface area contributed by atoms with E-state index in [-0.39, 0.29) is 11.8 Å². The molecule has 1 atom stereocenters. The number of amides is 1. The van der Waals surface area contributed by atoms with Crippen LogP contribution in [0.1, 0.15) is 45.4 Å². The van der Waals surface area contributed by atoms with Crippen molar-refractivity contribution < 1.29 is 4.79 Å². The predicted octanol–water partition coefficient (Wildman–Crippen LogP) is 3.89. The lowest BCUT2D eigenvalue weighted by atomic mass is 9.95. The van der Waals surface area contributed by atoms with E-state index in [0.717, 1.165) is 51.3 Å². The van der Waals surface area contributed by atoms with Crippen LogP contribution in [0.5, 0.6) is 0 Å². The Hall–Kier alpha value is -1.66. The topological polar surface area (TPSA) is 48.5 Å². The zero-order valence-electron chi connectivity index (χ0n) is 16.9. The number of piperidine rings is 2. The molecule has 1 amide bonds. The van der Waals surface area contributed by atoms with Crippen LogP contribution < -0.4 is 10.2 Å². The maximum atomic E-state index is 12.6. The van der Waals surface area contributed by atoms with Gasteiger partial charge in [-0.05, 0) is 63.1 Å². The third-order valence-corrected chi connectivity index (χ3v) is 7.27. The Morgan fingerprint density at radius 2 is 2.07 bits per heavy atom. The maximum absolute atomic E-state index is 12.6. The molecule has 0 spiro atoms. The summed E-state index contributed by atoms with van der Waals surface area (Å²) in [4.78, 5) is 22.1. The van der Waals surface area contributed by atoms with Crippen LogP contribution in [0.4, 0.5) is 5.82 Å². The van der Waals surface area contributed by atoms with Gasteiger partial charge in [-0.25, -0.2) is 4.98 Å². The van der Waals surface area contributed by atoms with Gasteiger partial charge in [0, 0.05) is 54.4 Å². The first-order valence-corrected chi connectivity index (χ1v) is 11.7. The Morgan fingerprint density at radius 3 is 2.89 bits per heavy atom. The molecule has 152 valence electrons. The molecule has 0 saturated carbocycles. The zero-order chi connectivity index (χ0) is 19.3. The maximum Gasteiger partial charge on any atom is 0.223 e. The van der Waals surface area contributed by atoms with Gasteiger partial charge in [0.25, 0.3) is 0 Å². The highest BCUT2D eigenvalue weighted by Crippen LogP contribution is 2.31. The summed E-state index contributed by atoms with van der Waals surface area (Å²) in [5.74, 6) is 1.47. The summed E-state index contributed by atoms with van der Waals surface area (Å²) in [6.45, 7) is 7.28. The molecule has 0 aliphatic carbocycles. The molecule has 2 aromatic heterocycles. The highest BCUT2D eigenvalue weighted by Gasteiger charge is 2.26. The summed E-state index contributed by atoms with van der Waals surface area (Å²) >= 11 is 1.76. The lowest BCUT2D eigenvalue weighted by molar-refractivity contribution is -0.125. The number of rotatable bonds is 6. The number of hydrogen-bond donors (Lipinski definition) is 1. The molecule has 6 heteroatoms. The number of carbonyl (C=O) groups excluding carboxylic acids is 1. The molecule has 0 aromatic carbocycles. The van der Waals surface area contributed by atoms with Gasteiger partial charge in [0.1, 0.15) is 5.82 Å². The molecule has 5 nitrogen and oxygen atoms in total. The predicted molar refractivity (Wildman–Crippen MR) is 117 cm³/mol. The first-order valence-electron chi connectivity index (χ1n) is 10.8. The SMILES string of the molecule is CC1CCCCN1CCCNC(=O)C1CCN(c2nccc3sccc23)CC1. The van der Waals surface area contributed by atoms with Crippen molar-refractivity contribution in [2.45, 2.75) is 51.5 Å². The number of anilines is 1. The smallest absolute Gasteiger partial charge is 0.223 e. The molecule has 1 unspecified atom stereocenters. The number of hydrogen-bond acceptors (Lipinski definition) is 5. The van der Waals surface area contributed by atoms with Crippen molar-refractivity contribution in [3.05, 3.63) is 23.7 Å². The van der Waals surface area contributed by atoms with E-state index in [9.17, 15) is 4.79 Å². The van der Waals surface area contributed by atoms with Crippen LogP contribution in [0.3, 0.4) is 0 Å². The van der Waals surface area contributed by atoms with Crippen LogP contribution in [0.2, 0.25) is 0 Å². The van der Waals surface area contributed by atoms with Gasteiger partial charge in [-0.2, -0.15) is 0 Å². The van der Waals surface area contributed by atoms with E-state index in [2.05, 4.69) is 44.5 Å². The van der Waals surface area contributed by atoms with E-state index in [1.165, 1.54) is 35.9 Å². The molecule has 2 fully saturated rings. The summed E-state index contributed by atoms with van der Waals surface area (Å²) in [6, 6.07) is 4.94. The number of likely N-dealkylation sites (tertiary alicyclic amines) is 1. The van der Waals surface area contributed by atoms with Crippen molar-refractivity contribution in [1.82, 2.24) is 15.2 Å². The average Bonchev–Trinajstić information content (AvgIpc) is 3.21. The van der Waals surface area contributed by atoms with Gasteiger partial charge in [-0.3, -0.25) is 4.79 Å². The van der Waals surface area contributed by atoms with Gasteiger partial charge >= 0.3 is 0 Å². The summed E-state index contributed by atoms with van der Waals surface area (Å²) in [7, 11) is 0. The van der Waals surface area contributed by atoms with Gasteiger partial charge in [0.05, 0.1) is 0 Å². The molecular weight excluding hydrogens is 368 g/mol. The third-order valence-electron chi connectivity index (χ3n) is 6.39. The van der Waals surface area contributed by atoms with Crippen LogP contribution in [-0.2, 0) is 4.79 Å². The second-order valence-electron chi connectivity index (χ2n) is 8.25. The van der Waals surface area contributed by atoms with E-state index >= 15 is 0 Å². The fourth-order valence-electron chi connectivity index (χ4n) is 4.61. The summed E-state index contributed by atoms with van der Waals surface area (Å²) in [5, 5.41) is 6.55. The van der Waals surface area contributed by atoms with E-state index in [1.807, 2.05) is 6.20 Å². The number of nitrogens with one attached hydrogen (secondary N) is 1. The molecule has 4 rings (SSSR count). The zero-order valence-corrected chi connectivity index (χ0v) is 17.7. The first kappa shape index (κ1) is 19.6. The number of pyridine rings is 1. The Morgan fingerprint density at radius 1 is 1.21 bits per heavy atom. The molecular formula is C22H32N4OS. The standard InChI is InChI=1S/C22H32N4OS/c1-17-5-2-3-12-25(17)13-4-10-24-22(27)18-7-14-26(15-8-18)21-19-9-16-28-20(19)6-11-23-21/h6,9,11,16-18H,2-5,7-8,10,12-15H2,1H3,(H,24,27). The van der Waals surface area contributed by atoms with Gasteiger partial charge in [-0.1, -0.05) is 6.42 Å². The van der Waals surface area contributed by atoms with Crippen LogP contribution in [0, 0.1) is 5.92 Å². The third kappa shape index (κ3) is 4.49. The van der Waals surface area contributed by atoms with Crippen molar-refractivity contribution in [3.63, 3.8) is 0 Å².